The van der Waals surface area contributed by atoms with E-state index in [0.29, 0.717) is 17.3 Å². The number of para-hydroxylation sites is 1. The molecule has 0 saturated carbocycles. The van der Waals surface area contributed by atoms with Gasteiger partial charge >= 0.3 is 0 Å². The van der Waals surface area contributed by atoms with Crippen LogP contribution in [0.4, 0.5) is 11.4 Å². The number of nitrogens with zero attached hydrogens (tertiary/aromatic N) is 2. The quantitative estimate of drug-likeness (QED) is 0.776. The summed E-state index contributed by atoms with van der Waals surface area (Å²) < 4.78 is 0. The molecule has 0 aromatic heterocycles. The second kappa shape index (κ2) is 5.48. The number of anilines is 2. The zero-order valence-electron chi connectivity index (χ0n) is 11.6. The van der Waals surface area contributed by atoms with Crippen LogP contribution in [0.5, 0.6) is 0 Å². The largest absolute Gasteiger partial charge is 0.396 e. The van der Waals surface area contributed by atoms with Crippen molar-refractivity contribution < 1.29 is 4.79 Å². The molecular weight excluding hydrogens is 240 g/mol. The van der Waals surface area contributed by atoms with Gasteiger partial charge in [0.1, 0.15) is 0 Å². The third kappa shape index (κ3) is 2.81. The van der Waals surface area contributed by atoms with E-state index in [4.69, 9.17) is 11.5 Å². The number of nitrogen functional groups attached to an aromatic ring is 1. The highest BCUT2D eigenvalue weighted by Gasteiger charge is 2.22. The summed E-state index contributed by atoms with van der Waals surface area (Å²) in [5.41, 5.74) is 13.3. The molecule has 1 atom stereocenters. The number of amides is 1. The maximum Gasteiger partial charge on any atom is 0.250 e. The van der Waals surface area contributed by atoms with Crippen molar-refractivity contribution in [2.45, 2.75) is 19.4 Å². The van der Waals surface area contributed by atoms with Gasteiger partial charge in [0.05, 0.1) is 16.9 Å². The molecule has 2 rings (SSSR count). The monoisotopic (exact) mass is 262 g/mol. The lowest BCUT2D eigenvalue weighted by molar-refractivity contribution is 0.100. The van der Waals surface area contributed by atoms with Crippen LogP contribution in [0, 0.1) is 0 Å². The first kappa shape index (κ1) is 13.7. The Balaban J connectivity index is 2.35. The van der Waals surface area contributed by atoms with Crippen molar-refractivity contribution in [2.75, 3.05) is 37.3 Å². The first-order valence-electron chi connectivity index (χ1n) is 6.64. The maximum absolute atomic E-state index is 11.4. The van der Waals surface area contributed by atoms with E-state index >= 15 is 0 Å². The third-order valence-corrected chi connectivity index (χ3v) is 3.70. The van der Waals surface area contributed by atoms with Crippen LogP contribution >= 0.6 is 0 Å². The van der Waals surface area contributed by atoms with E-state index in [9.17, 15) is 4.79 Å². The predicted molar refractivity (Wildman–Crippen MR) is 78.3 cm³/mol. The van der Waals surface area contributed by atoms with Crippen LogP contribution in [0.3, 0.4) is 0 Å². The van der Waals surface area contributed by atoms with E-state index in [1.807, 2.05) is 12.1 Å². The fourth-order valence-corrected chi connectivity index (χ4v) is 2.75. The topological polar surface area (TPSA) is 75.6 Å². The van der Waals surface area contributed by atoms with Gasteiger partial charge in [-0.3, -0.25) is 4.79 Å². The Labute approximate surface area is 114 Å². The van der Waals surface area contributed by atoms with Crippen molar-refractivity contribution in [3.8, 4) is 0 Å². The number of likely N-dealkylation sites (N-methyl/N-ethyl adjacent to an activating group) is 1. The van der Waals surface area contributed by atoms with Gasteiger partial charge in [-0.15, -0.1) is 0 Å². The van der Waals surface area contributed by atoms with Crippen molar-refractivity contribution in [3.63, 3.8) is 0 Å². The van der Waals surface area contributed by atoms with Gasteiger partial charge in [0.25, 0.3) is 5.91 Å². The third-order valence-electron chi connectivity index (χ3n) is 3.70. The summed E-state index contributed by atoms with van der Waals surface area (Å²) >= 11 is 0. The number of nitrogens with two attached hydrogens (primary N) is 2. The molecule has 5 heteroatoms. The Hall–Kier alpha value is -1.75. The van der Waals surface area contributed by atoms with Gasteiger partial charge in [0.15, 0.2) is 0 Å². The lowest BCUT2D eigenvalue weighted by Crippen LogP contribution is -2.38. The second-order valence-corrected chi connectivity index (χ2v) is 5.26. The Bertz CT molecular complexity index is 475. The summed E-state index contributed by atoms with van der Waals surface area (Å²) in [7, 11) is 2.13. The molecule has 1 aliphatic heterocycles. The number of carbonyl (C=O) groups excluding carboxylic acids is 1. The molecular formula is C14H22N4O. The fraction of sp³-hybridized carbons (Fsp3) is 0.500. The van der Waals surface area contributed by atoms with E-state index in [2.05, 4.69) is 23.8 Å². The Morgan fingerprint density at radius 2 is 2.11 bits per heavy atom. The van der Waals surface area contributed by atoms with Crippen molar-refractivity contribution in [1.82, 2.24) is 4.90 Å². The van der Waals surface area contributed by atoms with Crippen molar-refractivity contribution in [2.24, 2.45) is 5.73 Å². The van der Waals surface area contributed by atoms with Crippen LogP contribution in [0.1, 0.15) is 23.7 Å². The molecule has 1 aliphatic rings. The van der Waals surface area contributed by atoms with Crippen molar-refractivity contribution in [3.05, 3.63) is 23.8 Å². The van der Waals surface area contributed by atoms with Gasteiger partial charge in [0, 0.05) is 19.1 Å². The molecule has 1 amide bonds. The second-order valence-electron chi connectivity index (χ2n) is 5.26. The zero-order chi connectivity index (χ0) is 14.0. The van der Waals surface area contributed by atoms with Gasteiger partial charge in [-0.25, -0.2) is 0 Å². The van der Waals surface area contributed by atoms with Crippen LogP contribution < -0.4 is 16.4 Å². The molecule has 1 saturated heterocycles. The number of carbonyl (C=O) groups is 1. The maximum atomic E-state index is 11.4. The standard InChI is InChI=1S/C14H22N4O/c1-10-9-17(2)7-4-8-18(10)12-6-3-5-11(13(12)15)14(16)19/h3,5-6,10H,4,7-9,15H2,1-2H3,(H2,16,19). The molecule has 0 bridgehead atoms. The van der Waals surface area contributed by atoms with E-state index < -0.39 is 5.91 Å². The van der Waals surface area contributed by atoms with Crippen LogP contribution in [0.25, 0.3) is 0 Å². The van der Waals surface area contributed by atoms with Crippen LogP contribution in [-0.2, 0) is 0 Å². The molecule has 0 radical (unpaired) electrons. The molecule has 0 aliphatic carbocycles. The van der Waals surface area contributed by atoms with Crippen LogP contribution in [0.2, 0.25) is 0 Å². The molecule has 1 heterocycles. The Kier molecular flexibility index (Phi) is 3.95. The average molecular weight is 262 g/mol. The van der Waals surface area contributed by atoms with Gasteiger partial charge in [0.2, 0.25) is 0 Å². The van der Waals surface area contributed by atoms with Gasteiger partial charge in [-0.1, -0.05) is 6.07 Å². The number of benzene rings is 1. The molecule has 1 fully saturated rings. The highest BCUT2D eigenvalue weighted by Crippen LogP contribution is 2.29. The van der Waals surface area contributed by atoms with Crippen LogP contribution in [-0.4, -0.2) is 43.5 Å². The molecule has 19 heavy (non-hydrogen) atoms. The fourth-order valence-electron chi connectivity index (χ4n) is 2.75. The normalized spacial score (nSPS) is 21.2. The first-order valence-corrected chi connectivity index (χ1v) is 6.64. The minimum Gasteiger partial charge on any atom is -0.396 e. The molecule has 1 aromatic rings. The lowest BCUT2D eigenvalue weighted by atomic mass is 10.1. The number of hydrogen-bond acceptors (Lipinski definition) is 4. The van der Waals surface area contributed by atoms with E-state index in [1.165, 1.54) is 0 Å². The lowest BCUT2D eigenvalue weighted by Gasteiger charge is -2.31. The number of primary amides is 1. The average Bonchev–Trinajstić information content (AvgIpc) is 2.50. The van der Waals surface area contributed by atoms with Crippen molar-refractivity contribution >= 4 is 17.3 Å². The minimum atomic E-state index is -0.473. The van der Waals surface area contributed by atoms with E-state index in [0.717, 1.165) is 31.7 Å². The summed E-state index contributed by atoms with van der Waals surface area (Å²) in [6.07, 6.45) is 1.08. The first-order chi connectivity index (χ1) is 9.00. The zero-order valence-corrected chi connectivity index (χ0v) is 11.6. The summed E-state index contributed by atoms with van der Waals surface area (Å²) in [6, 6.07) is 5.84. The summed E-state index contributed by atoms with van der Waals surface area (Å²) in [5, 5.41) is 0. The smallest absolute Gasteiger partial charge is 0.250 e. The molecule has 104 valence electrons. The Morgan fingerprint density at radius 3 is 2.79 bits per heavy atom. The van der Waals surface area contributed by atoms with Crippen LogP contribution in [0.15, 0.2) is 18.2 Å². The van der Waals surface area contributed by atoms with Crippen molar-refractivity contribution in [1.29, 1.82) is 0 Å². The molecule has 1 aromatic carbocycles. The molecule has 4 N–H and O–H groups in total. The predicted octanol–water partition coefficient (Wildman–Crippen LogP) is 0.898. The molecule has 0 spiro atoms. The van der Waals surface area contributed by atoms with E-state index in [-0.39, 0.29) is 0 Å². The van der Waals surface area contributed by atoms with E-state index in [1.54, 1.807) is 6.07 Å². The number of hydrogen-bond donors (Lipinski definition) is 2. The summed E-state index contributed by atoms with van der Waals surface area (Å²) in [4.78, 5) is 16.0. The minimum absolute atomic E-state index is 0.359. The Morgan fingerprint density at radius 1 is 1.37 bits per heavy atom. The van der Waals surface area contributed by atoms with Gasteiger partial charge < -0.3 is 21.3 Å². The van der Waals surface area contributed by atoms with Gasteiger partial charge in [-0.05, 0) is 39.1 Å². The van der Waals surface area contributed by atoms with Gasteiger partial charge in [-0.2, -0.15) is 0 Å². The highest BCUT2D eigenvalue weighted by molar-refractivity contribution is 6.00. The molecule has 5 nitrogen and oxygen atoms in total. The highest BCUT2D eigenvalue weighted by atomic mass is 16.1. The molecule has 1 unspecified atom stereocenters. The summed E-state index contributed by atoms with van der Waals surface area (Å²) in [6.45, 7) is 5.19. The number of rotatable bonds is 2. The summed E-state index contributed by atoms with van der Waals surface area (Å²) in [5.74, 6) is -0.473. The SMILES string of the molecule is CC1CN(C)CCCN1c1cccc(C(N)=O)c1N.